The second-order valence-electron chi connectivity index (χ2n) is 15.1. The molecule has 62 heavy (non-hydrogen) atoms. The molecule has 0 atom stereocenters. The van der Waals surface area contributed by atoms with E-state index in [0.29, 0.717) is 17.2 Å². The van der Waals surface area contributed by atoms with Gasteiger partial charge in [-0.2, -0.15) is 0 Å². The first-order chi connectivity index (χ1) is 30.6. The molecule has 0 fully saturated rings. The van der Waals surface area contributed by atoms with Crippen molar-refractivity contribution >= 4 is 39.5 Å². The Kier molecular flexibility index (Phi) is 10.2. The van der Waals surface area contributed by atoms with Crippen molar-refractivity contribution in [3.8, 4) is 61.7 Å². The van der Waals surface area contributed by atoms with Gasteiger partial charge in [0.05, 0.1) is 28.0 Å². The molecular formula is C57H41N5. The second kappa shape index (κ2) is 16.7. The van der Waals surface area contributed by atoms with Gasteiger partial charge in [0.1, 0.15) is 5.65 Å². The minimum absolute atomic E-state index is 0.606. The third kappa shape index (κ3) is 7.29. The molecule has 2 N–H and O–H groups in total. The van der Waals surface area contributed by atoms with Gasteiger partial charge in [-0.05, 0) is 81.4 Å². The lowest BCUT2D eigenvalue weighted by Gasteiger charge is -2.12. The van der Waals surface area contributed by atoms with Crippen LogP contribution in [0.2, 0.25) is 0 Å². The van der Waals surface area contributed by atoms with E-state index in [9.17, 15) is 0 Å². The van der Waals surface area contributed by atoms with Gasteiger partial charge in [-0.25, -0.2) is 9.97 Å². The van der Waals surface area contributed by atoms with Crippen molar-refractivity contribution in [2.24, 2.45) is 10.7 Å². The molecule has 5 nitrogen and oxygen atoms in total. The number of rotatable bonds is 10. The van der Waals surface area contributed by atoms with Crippen LogP contribution in [-0.4, -0.2) is 20.7 Å². The molecular weight excluding hydrogens is 755 g/mol. The Morgan fingerprint density at radius 3 is 1.60 bits per heavy atom. The first-order valence-electron chi connectivity index (χ1n) is 20.7. The summed E-state index contributed by atoms with van der Waals surface area (Å²) in [6.07, 6.45) is 3.34. The van der Waals surface area contributed by atoms with Gasteiger partial charge in [0.2, 0.25) is 0 Å². The fourth-order valence-corrected chi connectivity index (χ4v) is 8.25. The Labute approximate surface area is 361 Å². The van der Waals surface area contributed by atoms with Crippen LogP contribution in [0.25, 0.3) is 95.0 Å². The molecule has 0 aliphatic carbocycles. The van der Waals surface area contributed by atoms with Gasteiger partial charge in [-0.15, -0.1) is 0 Å². The van der Waals surface area contributed by atoms with E-state index >= 15 is 0 Å². The zero-order valence-corrected chi connectivity index (χ0v) is 33.9. The summed E-state index contributed by atoms with van der Waals surface area (Å²) in [4.78, 5) is 15.4. The van der Waals surface area contributed by atoms with Crippen molar-refractivity contribution in [3.63, 3.8) is 0 Å². The molecule has 0 saturated carbocycles. The number of hydrogen-bond acceptors (Lipinski definition) is 4. The number of hydrogen-bond donors (Lipinski definition) is 1. The maximum atomic E-state index is 6.72. The topological polar surface area (TPSA) is 69.1 Å². The Hall–Kier alpha value is -8.41. The van der Waals surface area contributed by atoms with Gasteiger partial charge in [-0.1, -0.05) is 183 Å². The molecule has 10 aromatic rings. The number of fused-ring (bicyclic) bond motifs is 3. The Morgan fingerprint density at radius 2 is 0.968 bits per heavy atom. The predicted octanol–water partition coefficient (Wildman–Crippen LogP) is 13.9. The fraction of sp³-hybridized carbons (Fsp3) is 0. The average molecular weight is 796 g/mol. The van der Waals surface area contributed by atoms with Crippen LogP contribution < -0.4 is 5.73 Å². The van der Waals surface area contributed by atoms with Gasteiger partial charge in [0, 0.05) is 34.0 Å². The lowest BCUT2D eigenvalue weighted by molar-refractivity contribution is 1.11. The normalized spacial score (nSPS) is 11.9. The lowest BCUT2D eigenvalue weighted by atomic mass is 9.94. The Morgan fingerprint density at radius 1 is 0.484 bits per heavy atom. The predicted molar refractivity (Wildman–Crippen MR) is 260 cm³/mol. The van der Waals surface area contributed by atoms with E-state index < -0.39 is 0 Å². The highest BCUT2D eigenvalue weighted by Gasteiger charge is 2.21. The minimum atomic E-state index is 0.606. The monoisotopic (exact) mass is 795 g/mol. The van der Waals surface area contributed by atoms with Gasteiger partial charge in [0.15, 0.2) is 5.82 Å². The molecule has 0 spiro atoms. The summed E-state index contributed by atoms with van der Waals surface area (Å²) in [5.74, 6) is 0.669. The van der Waals surface area contributed by atoms with Crippen LogP contribution in [0.5, 0.6) is 0 Å². The van der Waals surface area contributed by atoms with Crippen molar-refractivity contribution in [1.29, 1.82) is 0 Å². The molecule has 0 radical (unpaired) electrons. The summed E-state index contributed by atoms with van der Waals surface area (Å²) in [7, 11) is 0. The van der Waals surface area contributed by atoms with Crippen molar-refractivity contribution in [2.45, 2.75) is 0 Å². The summed E-state index contributed by atoms with van der Waals surface area (Å²) >= 11 is 0. The van der Waals surface area contributed by atoms with E-state index in [1.54, 1.807) is 12.3 Å². The molecule has 0 aliphatic heterocycles. The zero-order valence-electron chi connectivity index (χ0n) is 33.9. The molecule has 0 amide bonds. The highest BCUT2D eigenvalue weighted by atomic mass is 15.1. The van der Waals surface area contributed by atoms with Gasteiger partial charge < -0.3 is 5.73 Å². The minimum Gasteiger partial charge on any atom is -0.396 e. The highest BCUT2D eigenvalue weighted by molar-refractivity contribution is 6.14. The highest BCUT2D eigenvalue weighted by Crippen LogP contribution is 2.39. The molecule has 0 saturated heterocycles. The summed E-state index contributed by atoms with van der Waals surface area (Å²) in [6, 6.07) is 73.6. The first-order valence-corrected chi connectivity index (χ1v) is 20.7. The third-order valence-electron chi connectivity index (χ3n) is 11.2. The number of para-hydroxylation sites is 2. The Balaban J connectivity index is 1.03. The Bertz CT molecular complexity index is 3310. The van der Waals surface area contributed by atoms with Gasteiger partial charge in [0.25, 0.3) is 0 Å². The van der Waals surface area contributed by atoms with E-state index in [2.05, 4.69) is 175 Å². The number of nitrogens with zero attached hydrogens (tertiary/aromatic N) is 4. The SMILES string of the molecule is C=C/C=N\C(=C(/N)c1ccccc1)c1cccc(-c2cccc(-c3cccc(-c4cccc(-c5nc(-c6ccccc6)c6c7ccccc7n(-c7ccccc7)c6n5)c4)c3)c2)c1. The summed E-state index contributed by atoms with van der Waals surface area (Å²) < 4.78 is 2.26. The number of benzene rings is 8. The summed E-state index contributed by atoms with van der Waals surface area (Å²) in [5, 5.41) is 2.15. The quantitative estimate of drug-likeness (QED) is 0.111. The van der Waals surface area contributed by atoms with E-state index in [-0.39, 0.29) is 0 Å². The zero-order chi connectivity index (χ0) is 41.8. The summed E-state index contributed by atoms with van der Waals surface area (Å²) in [6.45, 7) is 3.83. The van der Waals surface area contributed by atoms with Crippen LogP contribution in [0.3, 0.4) is 0 Å². The molecule has 0 bridgehead atoms. The van der Waals surface area contributed by atoms with Crippen molar-refractivity contribution in [3.05, 3.63) is 236 Å². The van der Waals surface area contributed by atoms with Crippen LogP contribution in [0.1, 0.15) is 11.1 Å². The number of aliphatic imine (C=N–C) groups is 1. The lowest BCUT2D eigenvalue weighted by Crippen LogP contribution is -2.00. The molecule has 8 aromatic carbocycles. The molecule has 0 unspecified atom stereocenters. The standard InChI is InChI=1S/C57H41N5/c1-2-34-59-55(53(58)39-18-6-3-7-19-39)47-28-16-26-45(37-47)43-24-14-22-41(35-43)42-23-15-25-44(36-42)46-27-17-29-48(38-46)56-60-54(40-20-8-4-9-21-40)52-50-32-12-13-33-51(50)62(57(52)61-56)49-30-10-5-11-31-49/h2-38H,1,58H2/b55-53-,59-34-. The van der Waals surface area contributed by atoms with Crippen molar-refractivity contribution in [2.75, 3.05) is 0 Å². The average Bonchev–Trinajstić information content (AvgIpc) is 3.69. The van der Waals surface area contributed by atoms with E-state index in [4.69, 9.17) is 20.7 Å². The van der Waals surface area contributed by atoms with Crippen LogP contribution in [0.15, 0.2) is 230 Å². The third-order valence-corrected chi connectivity index (χ3v) is 11.2. The number of nitrogens with two attached hydrogens (primary N) is 1. The second-order valence-corrected chi connectivity index (χ2v) is 15.1. The van der Waals surface area contributed by atoms with Gasteiger partial charge >= 0.3 is 0 Å². The first kappa shape index (κ1) is 37.8. The van der Waals surface area contributed by atoms with Crippen LogP contribution in [-0.2, 0) is 0 Å². The van der Waals surface area contributed by atoms with Crippen LogP contribution >= 0.6 is 0 Å². The smallest absolute Gasteiger partial charge is 0.162 e. The summed E-state index contributed by atoms with van der Waals surface area (Å²) in [5.41, 5.74) is 22.4. The molecule has 5 heteroatoms. The molecule has 2 heterocycles. The fourth-order valence-electron chi connectivity index (χ4n) is 8.25. The molecule has 0 aliphatic rings. The molecule has 294 valence electrons. The van der Waals surface area contributed by atoms with Crippen LogP contribution in [0.4, 0.5) is 0 Å². The number of allylic oxidation sites excluding steroid dienone is 1. The van der Waals surface area contributed by atoms with Gasteiger partial charge in [-0.3, -0.25) is 9.56 Å². The maximum Gasteiger partial charge on any atom is 0.162 e. The van der Waals surface area contributed by atoms with E-state index in [1.807, 2.05) is 48.5 Å². The van der Waals surface area contributed by atoms with Crippen LogP contribution in [0, 0.1) is 0 Å². The van der Waals surface area contributed by atoms with Crippen molar-refractivity contribution in [1.82, 2.24) is 14.5 Å². The number of aromatic nitrogens is 3. The van der Waals surface area contributed by atoms with E-state index in [0.717, 1.165) is 89.0 Å². The largest absolute Gasteiger partial charge is 0.396 e. The maximum absolute atomic E-state index is 6.72. The van der Waals surface area contributed by atoms with E-state index in [1.165, 1.54) is 0 Å². The van der Waals surface area contributed by atoms with Crippen molar-refractivity contribution < 1.29 is 0 Å². The molecule has 2 aromatic heterocycles. The molecule has 10 rings (SSSR count).